The van der Waals surface area contributed by atoms with Crippen LogP contribution in [-0.2, 0) is 9.59 Å². The van der Waals surface area contributed by atoms with Gasteiger partial charge in [0.15, 0.2) is 0 Å². The minimum Gasteiger partial charge on any atom is -0.376 e. The van der Waals surface area contributed by atoms with Crippen LogP contribution in [0.25, 0.3) is 0 Å². The van der Waals surface area contributed by atoms with E-state index in [1.54, 1.807) is 0 Å². The lowest BCUT2D eigenvalue weighted by Crippen LogP contribution is -2.50. The largest absolute Gasteiger partial charge is 0.376 e. The summed E-state index contributed by atoms with van der Waals surface area (Å²) in [6.07, 6.45) is 6.50. The third-order valence-electron chi connectivity index (χ3n) is 4.85. The number of amides is 2. The van der Waals surface area contributed by atoms with Crippen LogP contribution in [0.3, 0.4) is 0 Å². The van der Waals surface area contributed by atoms with Gasteiger partial charge in [0, 0.05) is 17.3 Å². The van der Waals surface area contributed by atoms with Crippen molar-refractivity contribution in [3.63, 3.8) is 0 Å². The van der Waals surface area contributed by atoms with Crippen LogP contribution in [0.15, 0.2) is 24.3 Å². The zero-order valence-electron chi connectivity index (χ0n) is 14.3. The van der Waals surface area contributed by atoms with Crippen LogP contribution >= 0.6 is 0 Å². The summed E-state index contributed by atoms with van der Waals surface area (Å²) in [6, 6.07) is 9.58. The molecular weight excluding hydrogens is 316 g/mol. The van der Waals surface area contributed by atoms with Crippen molar-refractivity contribution in [3.05, 3.63) is 24.3 Å². The molecule has 1 aromatic rings. The van der Waals surface area contributed by atoms with Crippen LogP contribution in [0.1, 0.15) is 44.9 Å². The number of nitrogens with one attached hydrogen (secondary N) is 3. The highest BCUT2D eigenvalue weighted by atomic mass is 16.2. The van der Waals surface area contributed by atoms with Crippen molar-refractivity contribution in [2.24, 2.45) is 5.92 Å². The van der Waals surface area contributed by atoms with Gasteiger partial charge in [-0.25, -0.2) is 0 Å². The Morgan fingerprint density at radius 2 is 1.72 bits per heavy atom. The Kier molecular flexibility index (Phi) is 5.22. The van der Waals surface area contributed by atoms with Crippen molar-refractivity contribution in [2.75, 3.05) is 17.2 Å². The molecule has 2 saturated carbocycles. The number of carbonyl (C=O) groups is 2. The molecule has 3 rings (SSSR count). The molecule has 2 aliphatic rings. The minimum absolute atomic E-state index is 0.0781. The lowest BCUT2D eigenvalue weighted by molar-refractivity contribution is -0.121. The Balaban J connectivity index is 1.46. The van der Waals surface area contributed by atoms with Crippen molar-refractivity contribution in [3.8, 4) is 6.07 Å². The summed E-state index contributed by atoms with van der Waals surface area (Å²) in [5.41, 5.74) is 0.861. The van der Waals surface area contributed by atoms with Crippen molar-refractivity contribution in [1.29, 1.82) is 5.26 Å². The van der Waals surface area contributed by atoms with Gasteiger partial charge in [0.25, 0.3) is 0 Å². The van der Waals surface area contributed by atoms with Gasteiger partial charge in [-0.05, 0) is 49.9 Å². The van der Waals surface area contributed by atoms with Gasteiger partial charge in [-0.2, -0.15) is 5.26 Å². The molecule has 0 atom stereocenters. The maximum atomic E-state index is 12.2. The second-order valence-corrected chi connectivity index (χ2v) is 7.00. The number of nitrogens with zero attached hydrogens (tertiary/aromatic N) is 1. The van der Waals surface area contributed by atoms with Crippen LogP contribution in [0.4, 0.5) is 11.4 Å². The lowest BCUT2D eigenvalue weighted by atomic mass is 9.83. The second-order valence-electron chi connectivity index (χ2n) is 7.00. The van der Waals surface area contributed by atoms with Gasteiger partial charge in [-0.3, -0.25) is 9.59 Å². The normalized spacial score (nSPS) is 18.7. The van der Waals surface area contributed by atoms with E-state index in [9.17, 15) is 14.9 Å². The molecule has 0 radical (unpaired) electrons. The number of nitriles is 1. The first-order chi connectivity index (χ1) is 12.1. The van der Waals surface area contributed by atoms with E-state index in [0.717, 1.165) is 56.3 Å². The zero-order chi connectivity index (χ0) is 17.7. The maximum Gasteiger partial charge on any atom is 0.240 e. The monoisotopic (exact) mass is 340 g/mol. The van der Waals surface area contributed by atoms with Crippen LogP contribution in [0.2, 0.25) is 0 Å². The molecule has 0 aliphatic heterocycles. The zero-order valence-corrected chi connectivity index (χ0v) is 14.3. The van der Waals surface area contributed by atoms with Gasteiger partial charge in [0.2, 0.25) is 11.8 Å². The fourth-order valence-electron chi connectivity index (χ4n) is 3.17. The minimum atomic E-state index is -0.700. The van der Waals surface area contributed by atoms with Crippen molar-refractivity contribution >= 4 is 23.2 Å². The Morgan fingerprint density at radius 1 is 1.08 bits per heavy atom. The van der Waals surface area contributed by atoms with Crippen molar-refractivity contribution in [1.82, 2.24) is 5.32 Å². The fraction of sp³-hybridized carbons (Fsp3) is 0.526. The molecule has 0 spiro atoms. The molecule has 2 aliphatic carbocycles. The average Bonchev–Trinajstić information content (AvgIpc) is 3.47. The maximum absolute atomic E-state index is 12.2. The van der Waals surface area contributed by atoms with E-state index in [2.05, 4.69) is 22.0 Å². The molecule has 132 valence electrons. The van der Waals surface area contributed by atoms with Gasteiger partial charge >= 0.3 is 0 Å². The molecule has 0 heterocycles. The van der Waals surface area contributed by atoms with Crippen molar-refractivity contribution < 1.29 is 9.59 Å². The van der Waals surface area contributed by atoms with E-state index in [4.69, 9.17) is 0 Å². The summed E-state index contributed by atoms with van der Waals surface area (Å²) in [4.78, 5) is 23.9. The first kappa shape index (κ1) is 17.3. The van der Waals surface area contributed by atoms with E-state index in [1.165, 1.54) is 0 Å². The van der Waals surface area contributed by atoms with Gasteiger partial charge in [0.05, 0.1) is 12.6 Å². The molecule has 0 aromatic heterocycles. The number of hydrogen-bond acceptors (Lipinski definition) is 4. The number of benzene rings is 1. The van der Waals surface area contributed by atoms with Gasteiger partial charge in [0.1, 0.15) is 5.54 Å². The number of carbonyl (C=O) groups excluding carboxylic acids is 2. The van der Waals surface area contributed by atoms with E-state index >= 15 is 0 Å². The predicted octanol–water partition coefficient (Wildman–Crippen LogP) is 2.79. The van der Waals surface area contributed by atoms with Gasteiger partial charge in [-0.15, -0.1) is 0 Å². The molecule has 25 heavy (non-hydrogen) atoms. The molecule has 0 saturated heterocycles. The summed E-state index contributed by atoms with van der Waals surface area (Å²) in [6.45, 7) is 0.122. The molecule has 1 aromatic carbocycles. The fourth-order valence-corrected chi connectivity index (χ4v) is 3.17. The van der Waals surface area contributed by atoms with Gasteiger partial charge < -0.3 is 16.0 Å². The Bertz CT molecular complexity index is 668. The van der Waals surface area contributed by atoms with E-state index < -0.39 is 5.54 Å². The van der Waals surface area contributed by atoms with Crippen LogP contribution in [0, 0.1) is 17.2 Å². The van der Waals surface area contributed by atoms with Crippen LogP contribution < -0.4 is 16.0 Å². The second kappa shape index (κ2) is 7.56. The summed E-state index contributed by atoms with van der Waals surface area (Å²) >= 11 is 0. The predicted molar refractivity (Wildman–Crippen MR) is 95.9 cm³/mol. The summed E-state index contributed by atoms with van der Waals surface area (Å²) in [5, 5.41) is 18.2. The number of rotatable bonds is 6. The summed E-state index contributed by atoms with van der Waals surface area (Å²) < 4.78 is 0. The lowest BCUT2D eigenvalue weighted by Gasteiger charge is -2.31. The van der Waals surface area contributed by atoms with E-state index in [1.807, 2.05) is 24.3 Å². The summed E-state index contributed by atoms with van der Waals surface area (Å²) in [7, 11) is 0. The molecule has 0 unspecified atom stereocenters. The van der Waals surface area contributed by atoms with Crippen LogP contribution in [0.5, 0.6) is 0 Å². The third-order valence-corrected chi connectivity index (χ3v) is 4.85. The van der Waals surface area contributed by atoms with Crippen LogP contribution in [-0.4, -0.2) is 23.9 Å². The highest BCUT2D eigenvalue weighted by Crippen LogP contribution is 2.30. The molecule has 6 nitrogen and oxygen atoms in total. The highest BCUT2D eigenvalue weighted by molar-refractivity contribution is 5.94. The molecule has 2 amide bonds. The quantitative estimate of drug-likeness (QED) is 0.742. The molecule has 2 fully saturated rings. The first-order valence-electron chi connectivity index (χ1n) is 8.97. The highest BCUT2D eigenvalue weighted by Gasteiger charge is 2.33. The average molecular weight is 340 g/mol. The topological polar surface area (TPSA) is 94.0 Å². The molecular formula is C19H24N4O2. The van der Waals surface area contributed by atoms with E-state index in [-0.39, 0.29) is 24.3 Å². The van der Waals surface area contributed by atoms with Crippen molar-refractivity contribution in [2.45, 2.75) is 50.5 Å². The first-order valence-corrected chi connectivity index (χ1v) is 8.97. The standard InChI is InChI=1S/C19H24N4O2/c20-13-19(10-2-1-3-11-19)23-17(24)12-21-15-6-8-16(9-7-15)22-18(25)14-4-5-14/h6-9,14,21H,1-5,10-12H2,(H,22,25)(H,23,24). The molecule has 3 N–H and O–H groups in total. The summed E-state index contributed by atoms with van der Waals surface area (Å²) in [5.74, 6) is 0.0812. The Labute approximate surface area is 148 Å². The Hall–Kier alpha value is -2.55. The molecule has 0 bridgehead atoms. The smallest absolute Gasteiger partial charge is 0.240 e. The Morgan fingerprint density at radius 3 is 2.32 bits per heavy atom. The number of anilines is 2. The third kappa shape index (κ3) is 4.72. The molecule has 6 heteroatoms. The number of hydrogen-bond donors (Lipinski definition) is 3. The van der Waals surface area contributed by atoms with Gasteiger partial charge in [-0.1, -0.05) is 19.3 Å². The van der Waals surface area contributed by atoms with E-state index in [0.29, 0.717) is 0 Å². The SMILES string of the molecule is N#CC1(NC(=O)CNc2ccc(NC(=O)C3CC3)cc2)CCCCC1.